The van der Waals surface area contributed by atoms with Crippen LogP contribution in [0.5, 0.6) is 0 Å². The molecule has 0 radical (unpaired) electrons. The lowest BCUT2D eigenvalue weighted by Gasteiger charge is -2.36. The highest BCUT2D eigenvalue weighted by molar-refractivity contribution is 7.92. The van der Waals surface area contributed by atoms with E-state index >= 15 is 0 Å². The van der Waals surface area contributed by atoms with Crippen LogP contribution in [-0.4, -0.2) is 74.4 Å². The Hall–Kier alpha value is -3.84. The van der Waals surface area contributed by atoms with Crippen LogP contribution in [0.3, 0.4) is 0 Å². The van der Waals surface area contributed by atoms with E-state index in [1.165, 1.54) is 13.1 Å². The van der Waals surface area contributed by atoms with Gasteiger partial charge in [0.05, 0.1) is 24.1 Å². The zero-order chi connectivity index (χ0) is 30.2. The van der Waals surface area contributed by atoms with E-state index in [4.69, 9.17) is 0 Å². The topological polar surface area (TPSA) is 86.6 Å². The van der Waals surface area contributed by atoms with Crippen LogP contribution in [-0.2, 0) is 22.7 Å². The molecule has 5 rings (SSSR count). The van der Waals surface area contributed by atoms with Crippen molar-refractivity contribution in [1.29, 1.82) is 0 Å². The number of sulfonamides is 1. The van der Waals surface area contributed by atoms with Gasteiger partial charge in [0.2, 0.25) is 16.0 Å². The van der Waals surface area contributed by atoms with Gasteiger partial charge in [-0.2, -0.15) is 18.2 Å². The van der Waals surface area contributed by atoms with Gasteiger partial charge in [0.15, 0.2) is 0 Å². The van der Waals surface area contributed by atoms with Crippen molar-refractivity contribution in [2.45, 2.75) is 31.6 Å². The molecule has 4 aromatic rings. The number of rotatable bonds is 8. The molecule has 1 aliphatic rings. The van der Waals surface area contributed by atoms with Gasteiger partial charge in [-0.1, -0.05) is 0 Å². The number of anilines is 4. The summed E-state index contributed by atoms with van der Waals surface area (Å²) in [5.41, 5.74) is 1.94. The molecule has 1 aliphatic heterocycles. The van der Waals surface area contributed by atoms with Crippen LogP contribution in [0.1, 0.15) is 24.0 Å². The Morgan fingerprint density at radius 3 is 2.33 bits per heavy atom. The second kappa shape index (κ2) is 11.4. The molecule has 9 nitrogen and oxygen atoms in total. The van der Waals surface area contributed by atoms with E-state index in [1.807, 2.05) is 12.1 Å². The van der Waals surface area contributed by atoms with Crippen molar-refractivity contribution >= 4 is 44.1 Å². The minimum Gasteiger partial charge on any atom is -0.371 e. The number of piperidine rings is 1. The van der Waals surface area contributed by atoms with Crippen molar-refractivity contribution in [3.8, 4) is 0 Å². The number of hydrogen-bond donors (Lipinski definition) is 1. The number of hydrogen-bond acceptors (Lipinski definition) is 7. The first-order chi connectivity index (χ1) is 19.8. The molecule has 42 heavy (non-hydrogen) atoms. The normalized spacial score (nSPS) is 15.0. The van der Waals surface area contributed by atoms with Crippen LogP contribution in [0, 0.1) is 0 Å². The van der Waals surface area contributed by atoms with Gasteiger partial charge in [0, 0.05) is 55.3 Å². The van der Waals surface area contributed by atoms with Gasteiger partial charge in [-0.25, -0.2) is 13.4 Å². The molecule has 1 saturated heterocycles. The molecule has 0 unspecified atom stereocenters. The predicted molar refractivity (Wildman–Crippen MR) is 160 cm³/mol. The highest BCUT2D eigenvalue weighted by atomic mass is 32.2. The molecule has 1 fully saturated rings. The zero-order valence-corrected chi connectivity index (χ0v) is 24.7. The van der Waals surface area contributed by atoms with Gasteiger partial charge in [-0.05, 0) is 81.0 Å². The molecule has 0 atom stereocenters. The Morgan fingerprint density at radius 2 is 1.71 bits per heavy atom. The third-order valence-electron chi connectivity index (χ3n) is 7.77. The number of alkyl halides is 3. The lowest BCUT2D eigenvalue weighted by molar-refractivity contribution is -0.137. The number of nitrogens with one attached hydrogen (secondary N) is 1. The second-order valence-corrected chi connectivity index (χ2v) is 12.9. The van der Waals surface area contributed by atoms with Crippen molar-refractivity contribution in [3.05, 3.63) is 72.1 Å². The highest BCUT2D eigenvalue weighted by Crippen LogP contribution is 2.34. The largest absolute Gasteiger partial charge is 0.416 e. The molecule has 2 aromatic carbocycles. The van der Waals surface area contributed by atoms with Gasteiger partial charge in [0.25, 0.3) is 0 Å². The van der Waals surface area contributed by atoms with E-state index in [9.17, 15) is 21.6 Å². The Kier molecular flexibility index (Phi) is 8.08. The molecule has 2 aromatic heterocycles. The molecular weight excluding hydrogens is 567 g/mol. The van der Waals surface area contributed by atoms with Gasteiger partial charge in [-0.3, -0.25) is 4.31 Å². The van der Waals surface area contributed by atoms with Gasteiger partial charge in [-0.15, -0.1) is 0 Å². The summed E-state index contributed by atoms with van der Waals surface area (Å²) in [6, 6.07) is 13.5. The summed E-state index contributed by atoms with van der Waals surface area (Å²) in [5, 5.41) is 3.91. The van der Waals surface area contributed by atoms with E-state index in [-0.39, 0.29) is 17.8 Å². The molecule has 0 saturated carbocycles. The van der Waals surface area contributed by atoms with Gasteiger partial charge >= 0.3 is 6.18 Å². The van der Waals surface area contributed by atoms with E-state index in [2.05, 4.69) is 51.3 Å². The lowest BCUT2D eigenvalue weighted by Crippen LogP contribution is -2.41. The molecule has 13 heteroatoms. The van der Waals surface area contributed by atoms with Crippen LogP contribution in [0.4, 0.5) is 36.2 Å². The first-order valence-corrected chi connectivity index (χ1v) is 15.4. The predicted octanol–water partition coefficient (Wildman–Crippen LogP) is 5.17. The summed E-state index contributed by atoms with van der Waals surface area (Å²) in [5.74, 6) is 0.333. The summed E-state index contributed by atoms with van der Waals surface area (Å²) >= 11 is 0. The van der Waals surface area contributed by atoms with E-state index < -0.39 is 21.8 Å². The lowest BCUT2D eigenvalue weighted by atomic mass is 10.0. The molecule has 0 spiro atoms. The average Bonchev–Trinajstić information content (AvgIpc) is 3.34. The molecule has 3 heterocycles. The van der Waals surface area contributed by atoms with Crippen LogP contribution < -0.4 is 14.5 Å². The maximum Gasteiger partial charge on any atom is 0.416 e. The van der Waals surface area contributed by atoms with Crippen molar-refractivity contribution in [3.63, 3.8) is 0 Å². The summed E-state index contributed by atoms with van der Waals surface area (Å²) in [4.78, 5) is 13.7. The minimum absolute atomic E-state index is 0.0295. The van der Waals surface area contributed by atoms with Crippen molar-refractivity contribution in [2.75, 3.05) is 55.0 Å². The Bertz CT molecular complexity index is 1660. The standard InChI is InChI=1S/C29H34F3N7O2S/c1-36(2)24-12-15-38(16-13-24)25-8-6-23(7-9-25)34-28-33-18-20-11-14-39(27(20)35-28)19-21-17-22(29(30,31)32)5-10-26(21)37(3)42(4,40)41/h5-11,14,17-18,24H,12-13,15-16,19H2,1-4H3,(H,33,34,35). The maximum atomic E-state index is 13.5. The van der Waals surface area contributed by atoms with Gasteiger partial charge < -0.3 is 19.7 Å². The number of fused-ring (bicyclic) bond motifs is 1. The monoisotopic (exact) mass is 601 g/mol. The third kappa shape index (κ3) is 6.46. The fourth-order valence-electron chi connectivity index (χ4n) is 5.24. The van der Waals surface area contributed by atoms with E-state index in [1.54, 1.807) is 23.0 Å². The quantitative estimate of drug-likeness (QED) is 0.298. The summed E-state index contributed by atoms with van der Waals surface area (Å²) < 4.78 is 67.7. The first kappa shape index (κ1) is 29.6. The van der Waals surface area contributed by atoms with Gasteiger partial charge in [0.1, 0.15) is 5.65 Å². The van der Waals surface area contributed by atoms with Crippen LogP contribution in [0.2, 0.25) is 0 Å². The summed E-state index contributed by atoms with van der Waals surface area (Å²) in [7, 11) is 1.86. The smallest absolute Gasteiger partial charge is 0.371 e. The SMILES string of the molecule is CN(C)C1CCN(c2ccc(Nc3ncc4ccn(Cc5cc(C(F)(F)F)ccc5N(C)S(C)(=O)=O)c4n3)cc2)CC1. The molecular formula is C29H34F3N7O2S. The third-order valence-corrected chi connectivity index (χ3v) is 8.96. The number of halogens is 3. The number of aromatic nitrogens is 3. The van der Waals surface area contributed by atoms with E-state index in [0.29, 0.717) is 23.0 Å². The Balaban J connectivity index is 1.37. The van der Waals surface area contributed by atoms with Crippen LogP contribution >= 0.6 is 0 Å². The van der Waals surface area contributed by atoms with E-state index in [0.717, 1.165) is 60.0 Å². The maximum absolute atomic E-state index is 13.5. The van der Waals surface area contributed by atoms with Crippen molar-refractivity contribution < 1.29 is 21.6 Å². The fourth-order valence-corrected chi connectivity index (χ4v) is 5.78. The fraction of sp³-hybridized carbons (Fsp3) is 0.379. The zero-order valence-electron chi connectivity index (χ0n) is 23.9. The first-order valence-electron chi connectivity index (χ1n) is 13.5. The number of nitrogens with zero attached hydrogens (tertiary/aromatic N) is 6. The highest BCUT2D eigenvalue weighted by Gasteiger charge is 2.32. The van der Waals surface area contributed by atoms with Crippen LogP contribution in [0.25, 0.3) is 11.0 Å². The summed E-state index contributed by atoms with van der Waals surface area (Å²) in [6.07, 6.45) is 2.00. The van der Waals surface area contributed by atoms with Crippen molar-refractivity contribution in [2.24, 2.45) is 0 Å². The summed E-state index contributed by atoms with van der Waals surface area (Å²) in [6.45, 7) is 1.97. The molecule has 1 N–H and O–H groups in total. The average molecular weight is 602 g/mol. The molecule has 224 valence electrons. The minimum atomic E-state index is -4.58. The second-order valence-electron chi connectivity index (χ2n) is 10.8. The number of benzene rings is 2. The molecule has 0 amide bonds. The van der Waals surface area contributed by atoms with Crippen LogP contribution in [0.15, 0.2) is 60.9 Å². The Morgan fingerprint density at radius 1 is 1.02 bits per heavy atom. The Labute approximate surface area is 243 Å². The molecule has 0 bridgehead atoms. The van der Waals surface area contributed by atoms with Crippen molar-refractivity contribution in [1.82, 2.24) is 19.4 Å². The molecule has 0 aliphatic carbocycles.